The first-order valence-corrected chi connectivity index (χ1v) is 11.9. The molecule has 4 heterocycles. The fraction of sp³-hybridized carbons (Fsp3) is 0.619. The van der Waals surface area contributed by atoms with Crippen LogP contribution >= 0.6 is 11.8 Å². The van der Waals surface area contributed by atoms with E-state index in [1.165, 1.54) is 6.07 Å². The van der Waals surface area contributed by atoms with Crippen molar-refractivity contribution in [3.8, 4) is 0 Å². The van der Waals surface area contributed by atoms with Gasteiger partial charge in [0, 0.05) is 44.0 Å². The van der Waals surface area contributed by atoms with Crippen molar-refractivity contribution in [3.05, 3.63) is 30.1 Å². The van der Waals surface area contributed by atoms with Gasteiger partial charge in [-0.05, 0) is 37.5 Å². The minimum absolute atomic E-state index is 0.0816. The molecular weight excluding hydrogens is 427 g/mol. The fourth-order valence-electron chi connectivity index (χ4n) is 5.02. The lowest BCUT2D eigenvalue weighted by atomic mass is 10.0. The van der Waals surface area contributed by atoms with Gasteiger partial charge in [0.15, 0.2) is 0 Å². The molecule has 0 aliphatic carbocycles. The molecule has 0 bridgehead atoms. The van der Waals surface area contributed by atoms with Crippen LogP contribution in [0.25, 0.3) is 11.0 Å². The molecule has 0 spiro atoms. The highest BCUT2D eigenvalue weighted by atomic mass is 32.2. The minimum Gasteiger partial charge on any atom is -0.331 e. The van der Waals surface area contributed by atoms with Crippen LogP contribution in [0.2, 0.25) is 0 Å². The van der Waals surface area contributed by atoms with Crippen molar-refractivity contribution in [1.29, 1.82) is 0 Å². The van der Waals surface area contributed by atoms with Crippen molar-refractivity contribution in [3.63, 3.8) is 0 Å². The second kappa shape index (κ2) is 8.29. The Hall–Kier alpha value is -1.78. The van der Waals surface area contributed by atoms with E-state index in [9.17, 15) is 18.0 Å². The molecule has 2 atom stereocenters. The van der Waals surface area contributed by atoms with Gasteiger partial charge >= 0.3 is 6.18 Å². The number of nitrogens with one attached hydrogen (secondary N) is 1. The predicted molar refractivity (Wildman–Crippen MR) is 114 cm³/mol. The Morgan fingerprint density at radius 1 is 1.16 bits per heavy atom. The standard InChI is InChI=1S/C21H26F3N5OS/c22-21(23,24)14-1-2-19-17(9-14)26-12-29(19)15-3-5-27(6-4-15)16-10-18(25-11-16)20(30)28-7-8-31-13-28/h1-2,9,12,15-16,18,25H,3-8,10-11,13H2/t16-,18-/m0/s1. The van der Waals surface area contributed by atoms with Crippen LogP contribution in [0.5, 0.6) is 0 Å². The van der Waals surface area contributed by atoms with Gasteiger partial charge in [-0.2, -0.15) is 13.2 Å². The van der Waals surface area contributed by atoms with Crippen molar-refractivity contribution in [2.75, 3.05) is 37.8 Å². The number of amides is 1. The average Bonchev–Trinajstić information content (AvgIpc) is 3.53. The van der Waals surface area contributed by atoms with Crippen LogP contribution in [-0.2, 0) is 11.0 Å². The Morgan fingerprint density at radius 2 is 1.97 bits per heavy atom. The van der Waals surface area contributed by atoms with E-state index in [1.807, 2.05) is 9.47 Å². The van der Waals surface area contributed by atoms with E-state index >= 15 is 0 Å². The van der Waals surface area contributed by atoms with Crippen molar-refractivity contribution in [1.82, 2.24) is 24.7 Å². The number of likely N-dealkylation sites (tertiary alicyclic amines) is 1. The smallest absolute Gasteiger partial charge is 0.331 e. The number of alkyl halides is 3. The molecule has 3 aliphatic rings. The number of aromatic nitrogens is 2. The number of rotatable bonds is 3. The highest BCUT2D eigenvalue weighted by molar-refractivity contribution is 7.99. The number of fused-ring (bicyclic) bond motifs is 1. The van der Waals surface area contributed by atoms with Crippen LogP contribution in [0.15, 0.2) is 24.5 Å². The van der Waals surface area contributed by atoms with Gasteiger partial charge in [0.1, 0.15) is 0 Å². The molecule has 3 saturated heterocycles. The van der Waals surface area contributed by atoms with E-state index < -0.39 is 11.7 Å². The highest BCUT2D eigenvalue weighted by Gasteiger charge is 2.37. The summed E-state index contributed by atoms with van der Waals surface area (Å²) in [6.45, 7) is 3.51. The van der Waals surface area contributed by atoms with Crippen LogP contribution in [0.3, 0.4) is 0 Å². The van der Waals surface area contributed by atoms with Gasteiger partial charge in [-0.25, -0.2) is 4.98 Å². The zero-order valence-electron chi connectivity index (χ0n) is 17.1. The van der Waals surface area contributed by atoms with Gasteiger partial charge in [-0.3, -0.25) is 9.69 Å². The molecule has 1 N–H and O–H groups in total. The first kappa shape index (κ1) is 21.1. The molecule has 6 nitrogen and oxygen atoms in total. The maximum atomic E-state index is 13.0. The summed E-state index contributed by atoms with van der Waals surface area (Å²) < 4.78 is 40.9. The van der Waals surface area contributed by atoms with Crippen LogP contribution < -0.4 is 5.32 Å². The highest BCUT2D eigenvalue weighted by Crippen LogP contribution is 2.33. The first-order chi connectivity index (χ1) is 14.9. The second-order valence-corrected chi connectivity index (χ2v) is 9.68. The zero-order chi connectivity index (χ0) is 21.6. The molecular formula is C21H26F3N5OS. The Kier molecular flexibility index (Phi) is 5.64. The van der Waals surface area contributed by atoms with Crippen LogP contribution in [-0.4, -0.2) is 75.2 Å². The third kappa shape index (κ3) is 4.17. The number of benzene rings is 1. The van der Waals surface area contributed by atoms with E-state index in [1.54, 1.807) is 18.1 Å². The summed E-state index contributed by atoms with van der Waals surface area (Å²) in [5.74, 6) is 2.05. The third-order valence-electron chi connectivity index (χ3n) is 6.78. The maximum absolute atomic E-state index is 13.0. The summed E-state index contributed by atoms with van der Waals surface area (Å²) in [7, 11) is 0. The predicted octanol–water partition coefficient (Wildman–Crippen LogP) is 2.96. The zero-order valence-corrected chi connectivity index (χ0v) is 18.0. The number of imidazole rings is 1. The number of hydrogen-bond acceptors (Lipinski definition) is 5. The second-order valence-electron chi connectivity index (χ2n) is 8.61. The SMILES string of the molecule is O=C([C@@H]1C[C@H](N2CCC(n3cnc4cc(C(F)(F)F)ccc43)CC2)CN1)N1CCSC1. The molecule has 0 unspecified atom stereocenters. The molecule has 1 aromatic carbocycles. The van der Waals surface area contributed by atoms with Crippen LogP contribution in [0.4, 0.5) is 13.2 Å². The molecule has 1 amide bonds. The number of hydrogen-bond donors (Lipinski definition) is 1. The number of carbonyl (C=O) groups excluding carboxylic acids is 1. The van der Waals surface area contributed by atoms with E-state index in [2.05, 4.69) is 15.2 Å². The molecule has 2 aromatic rings. The van der Waals surface area contributed by atoms with Crippen molar-refractivity contribution >= 4 is 28.7 Å². The van der Waals surface area contributed by atoms with Crippen molar-refractivity contribution < 1.29 is 18.0 Å². The summed E-state index contributed by atoms with van der Waals surface area (Å²) in [6, 6.07) is 4.30. The molecule has 168 valence electrons. The molecule has 0 saturated carbocycles. The first-order valence-electron chi connectivity index (χ1n) is 10.8. The lowest BCUT2D eigenvalue weighted by molar-refractivity contribution is -0.137. The Balaban J connectivity index is 1.20. The van der Waals surface area contributed by atoms with Gasteiger partial charge in [0.25, 0.3) is 0 Å². The molecule has 31 heavy (non-hydrogen) atoms. The Morgan fingerprint density at radius 3 is 2.68 bits per heavy atom. The number of piperidine rings is 1. The van der Waals surface area contributed by atoms with E-state index in [0.717, 1.165) is 74.7 Å². The average molecular weight is 454 g/mol. The van der Waals surface area contributed by atoms with Crippen LogP contribution in [0, 0.1) is 0 Å². The van der Waals surface area contributed by atoms with Gasteiger partial charge < -0.3 is 14.8 Å². The number of nitrogens with zero attached hydrogens (tertiary/aromatic N) is 4. The normalized spacial score (nSPS) is 26.2. The summed E-state index contributed by atoms with van der Waals surface area (Å²) >= 11 is 1.80. The quantitative estimate of drug-likeness (QED) is 0.775. The molecule has 1 aromatic heterocycles. The Bertz CT molecular complexity index is 950. The molecule has 3 fully saturated rings. The minimum atomic E-state index is -4.36. The van der Waals surface area contributed by atoms with E-state index in [-0.39, 0.29) is 18.0 Å². The van der Waals surface area contributed by atoms with Gasteiger partial charge in [0.2, 0.25) is 5.91 Å². The summed E-state index contributed by atoms with van der Waals surface area (Å²) in [5, 5.41) is 3.41. The summed E-state index contributed by atoms with van der Waals surface area (Å²) in [4.78, 5) is 21.3. The van der Waals surface area contributed by atoms with E-state index in [4.69, 9.17) is 0 Å². The lowest BCUT2D eigenvalue weighted by Crippen LogP contribution is -2.43. The molecule has 0 radical (unpaired) electrons. The largest absolute Gasteiger partial charge is 0.416 e. The molecule has 3 aliphatic heterocycles. The number of carbonyl (C=O) groups is 1. The van der Waals surface area contributed by atoms with Crippen LogP contribution in [0.1, 0.15) is 30.9 Å². The summed E-state index contributed by atoms with van der Waals surface area (Å²) in [5.41, 5.74) is 0.479. The topological polar surface area (TPSA) is 53.4 Å². The monoisotopic (exact) mass is 453 g/mol. The van der Waals surface area contributed by atoms with Crippen molar-refractivity contribution in [2.24, 2.45) is 0 Å². The van der Waals surface area contributed by atoms with Crippen molar-refractivity contribution in [2.45, 2.75) is 43.6 Å². The van der Waals surface area contributed by atoms with Gasteiger partial charge in [-0.1, -0.05) is 0 Å². The number of thioether (sulfide) groups is 1. The summed E-state index contributed by atoms with van der Waals surface area (Å²) in [6.07, 6.45) is 0.00409. The van der Waals surface area contributed by atoms with E-state index in [0.29, 0.717) is 11.6 Å². The maximum Gasteiger partial charge on any atom is 0.416 e. The fourth-order valence-corrected chi connectivity index (χ4v) is 5.98. The van der Waals surface area contributed by atoms with Gasteiger partial charge in [-0.15, -0.1) is 11.8 Å². The molecule has 5 rings (SSSR count). The lowest BCUT2D eigenvalue weighted by Gasteiger charge is -2.36. The number of halogens is 3. The Labute approximate surface area is 183 Å². The molecule has 10 heteroatoms. The van der Waals surface area contributed by atoms with Gasteiger partial charge in [0.05, 0.1) is 34.8 Å². The third-order valence-corrected chi connectivity index (χ3v) is 7.75.